The van der Waals surface area contributed by atoms with Gasteiger partial charge in [0, 0.05) is 23.5 Å². The van der Waals surface area contributed by atoms with Gasteiger partial charge in [-0.15, -0.1) is 0 Å². The Labute approximate surface area is 151 Å². The molecular weight excluding hydrogens is 336 g/mol. The Morgan fingerprint density at radius 1 is 0.808 bits per heavy atom. The highest BCUT2D eigenvalue weighted by atomic mass is 16.5. The van der Waals surface area contributed by atoms with Crippen LogP contribution in [0.1, 0.15) is 33.6 Å². The summed E-state index contributed by atoms with van der Waals surface area (Å²) in [5, 5.41) is 9.11. The molecule has 6 nitrogen and oxygen atoms in total. The van der Waals surface area contributed by atoms with Gasteiger partial charge < -0.3 is 14.6 Å². The smallest absolute Gasteiger partial charge is 0.304 e. The third-order valence-electron chi connectivity index (χ3n) is 4.01. The summed E-state index contributed by atoms with van der Waals surface area (Å²) >= 11 is 0. The summed E-state index contributed by atoms with van der Waals surface area (Å²) in [7, 11) is 3.03. The molecular formula is C20H20O6. The topological polar surface area (TPSA) is 89.9 Å². The molecule has 0 aliphatic carbocycles. The summed E-state index contributed by atoms with van der Waals surface area (Å²) in [6.45, 7) is 0. The molecule has 1 atom stereocenters. The summed E-state index contributed by atoms with van der Waals surface area (Å²) in [5.74, 6) is -1.53. The fraction of sp³-hybridized carbons (Fsp3) is 0.250. The zero-order valence-electron chi connectivity index (χ0n) is 14.6. The molecule has 0 aliphatic rings. The molecule has 0 spiro atoms. The highest BCUT2D eigenvalue weighted by molar-refractivity contribution is 6.04. The molecule has 0 saturated heterocycles. The minimum absolute atomic E-state index is 0.177. The van der Waals surface area contributed by atoms with Crippen molar-refractivity contribution in [2.45, 2.75) is 12.8 Å². The molecule has 6 heteroatoms. The number of methoxy groups -OCH3 is 2. The van der Waals surface area contributed by atoms with E-state index >= 15 is 0 Å². The number of hydrogen-bond acceptors (Lipinski definition) is 5. The molecule has 26 heavy (non-hydrogen) atoms. The molecule has 1 unspecified atom stereocenters. The molecule has 0 fully saturated rings. The second-order valence-electron chi connectivity index (χ2n) is 5.74. The van der Waals surface area contributed by atoms with Gasteiger partial charge in [-0.1, -0.05) is 0 Å². The van der Waals surface area contributed by atoms with Crippen molar-refractivity contribution < 1.29 is 29.0 Å². The van der Waals surface area contributed by atoms with E-state index in [2.05, 4.69) is 0 Å². The summed E-state index contributed by atoms with van der Waals surface area (Å²) in [4.78, 5) is 36.3. The first kappa shape index (κ1) is 19.2. The Morgan fingerprint density at radius 2 is 1.27 bits per heavy atom. The fourth-order valence-electron chi connectivity index (χ4n) is 2.58. The first-order chi connectivity index (χ1) is 12.4. The van der Waals surface area contributed by atoms with Crippen LogP contribution in [-0.4, -0.2) is 36.9 Å². The highest BCUT2D eigenvalue weighted by Crippen LogP contribution is 2.22. The zero-order valence-corrected chi connectivity index (χ0v) is 14.6. The van der Waals surface area contributed by atoms with Gasteiger partial charge >= 0.3 is 5.97 Å². The van der Waals surface area contributed by atoms with Crippen molar-refractivity contribution in [3.05, 3.63) is 59.7 Å². The lowest BCUT2D eigenvalue weighted by Gasteiger charge is -2.14. The van der Waals surface area contributed by atoms with E-state index in [1.807, 2.05) is 0 Å². The normalized spacial score (nSPS) is 11.5. The number of hydrogen-bond donors (Lipinski definition) is 1. The van der Waals surface area contributed by atoms with Crippen molar-refractivity contribution in [3.63, 3.8) is 0 Å². The number of ether oxygens (including phenoxy) is 2. The van der Waals surface area contributed by atoms with Crippen molar-refractivity contribution in [2.24, 2.45) is 5.92 Å². The van der Waals surface area contributed by atoms with Gasteiger partial charge in [0.25, 0.3) is 0 Å². The summed E-state index contributed by atoms with van der Waals surface area (Å²) in [6, 6.07) is 12.8. The van der Waals surface area contributed by atoms with Gasteiger partial charge in [-0.05, 0) is 48.5 Å². The van der Waals surface area contributed by atoms with Gasteiger partial charge in [0.2, 0.25) is 0 Å². The summed E-state index contributed by atoms with van der Waals surface area (Å²) in [5.41, 5.74) is 0.753. The molecule has 1 N–H and O–H groups in total. The third kappa shape index (κ3) is 4.92. The van der Waals surface area contributed by atoms with Gasteiger partial charge in [-0.3, -0.25) is 14.4 Å². The lowest BCUT2D eigenvalue weighted by molar-refractivity contribution is -0.137. The van der Waals surface area contributed by atoms with Crippen molar-refractivity contribution in [2.75, 3.05) is 14.2 Å². The largest absolute Gasteiger partial charge is 0.497 e. The van der Waals surface area contributed by atoms with E-state index in [9.17, 15) is 14.4 Å². The summed E-state index contributed by atoms with van der Waals surface area (Å²) in [6.07, 6.45) is -0.587. The van der Waals surface area contributed by atoms with Gasteiger partial charge in [-0.25, -0.2) is 0 Å². The lowest BCUT2D eigenvalue weighted by Crippen LogP contribution is -2.22. The molecule has 136 valence electrons. The Hall–Kier alpha value is -3.15. The SMILES string of the molecule is COc1ccc(C(=O)CC(CC(=O)O)C(=O)c2ccc(OC)cc2)cc1. The average molecular weight is 356 g/mol. The molecule has 0 heterocycles. The predicted molar refractivity (Wildman–Crippen MR) is 95.0 cm³/mol. The molecule has 0 aliphatic heterocycles. The van der Waals surface area contributed by atoms with Crippen LogP contribution >= 0.6 is 0 Å². The number of aliphatic carboxylic acids is 1. The number of carboxylic acid groups (broad SMARTS) is 1. The second-order valence-corrected chi connectivity index (χ2v) is 5.74. The first-order valence-corrected chi connectivity index (χ1v) is 8.02. The molecule has 0 amide bonds. The molecule has 0 bridgehead atoms. The van der Waals surface area contributed by atoms with E-state index in [0.717, 1.165) is 0 Å². The van der Waals surface area contributed by atoms with Crippen LogP contribution in [0.15, 0.2) is 48.5 Å². The number of rotatable bonds is 9. The van der Waals surface area contributed by atoms with E-state index in [1.54, 1.807) is 48.5 Å². The zero-order chi connectivity index (χ0) is 19.1. The quantitative estimate of drug-likeness (QED) is 0.694. The highest BCUT2D eigenvalue weighted by Gasteiger charge is 2.26. The minimum atomic E-state index is -1.13. The Bertz CT molecular complexity index is 777. The molecule has 2 aromatic rings. The number of carboxylic acids is 1. The van der Waals surface area contributed by atoms with Crippen LogP contribution in [0.3, 0.4) is 0 Å². The Morgan fingerprint density at radius 3 is 1.69 bits per heavy atom. The van der Waals surface area contributed by atoms with E-state index in [-0.39, 0.29) is 18.0 Å². The average Bonchev–Trinajstić information content (AvgIpc) is 2.66. The maximum atomic E-state index is 12.7. The first-order valence-electron chi connectivity index (χ1n) is 8.02. The molecule has 0 radical (unpaired) electrons. The van der Waals surface area contributed by atoms with E-state index in [0.29, 0.717) is 22.6 Å². The number of carbonyl (C=O) groups is 3. The van der Waals surface area contributed by atoms with Gasteiger partial charge in [0.1, 0.15) is 11.5 Å². The van der Waals surface area contributed by atoms with Crippen molar-refractivity contribution >= 4 is 17.5 Å². The van der Waals surface area contributed by atoms with Crippen LogP contribution in [0.2, 0.25) is 0 Å². The maximum absolute atomic E-state index is 12.7. The van der Waals surface area contributed by atoms with Crippen molar-refractivity contribution in [1.82, 2.24) is 0 Å². The molecule has 0 saturated carbocycles. The Kier molecular flexibility index (Phi) is 6.49. The third-order valence-corrected chi connectivity index (χ3v) is 4.01. The van der Waals surface area contributed by atoms with Crippen molar-refractivity contribution in [1.29, 1.82) is 0 Å². The monoisotopic (exact) mass is 356 g/mol. The number of Topliss-reactive ketones (excluding diaryl/α,β-unsaturated/α-hetero) is 2. The predicted octanol–water partition coefficient (Wildman–Crippen LogP) is 3.25. The van der Waals surface area contributed by atoms with Crippen LogP contribution < -0.4 is 9.47 Å². The minimum Gasteiger partial charge on any atom is -0.497 e. The fourth-order valence-corrected chi connectivity index (χ4v) is 2.58. The van der Waals surface area contributed by atoms with Gasteiger partial charge in [0.15, 0.2) is 11.6 Å². The van der Waals surface area contributed by atoms with E-state index < -0.39 is 18.3 Å². The number of ketones is 2. The van der Waals surface area contributed by atoms with Gasteiger partial charge in [0.05, 0.1) is 20.6 Å². The van der Waals surface area contributed by atoms with Crippen LogP contribution in [0, 0.1) is 5.92 Å². The lowest BCUT2D eigenvalue weighted by atomic mass is 9.88. The van der Waals surface area contributed by atoms with Crippen LogP contribution in [-0.2, 0) is 4.79 Å². The molecule has 2 aromatic carbocycles. The Balaban J connectivity index is 2.18. The van der Waals surface area contributed by atoms with Crippen LogP contribution in [0.25, 0.3) is 0 Å². The molecule has 0 aromatic heterocycles. The number of carbonyl (C=O) groups excluding carboxylic acids is 2. The second kappa shape index (κ2) is 8.80. The van der Waals surface area contributed by atoms with Crippen LogP contribution in [0.5, 0.6) is 11.5 Å². The number of benzene rings is 2. The standard InChI is InChI=1S/C20H20O6/c1-25-16-7-3-13(4-8-16)18(21)11-15(12-19(22)23)20(24)14-5-9-17(26-2)10-6-14/h3-10,15H,11-12H2,1-2H3,(H,22,23). The van der Waals surface area contributed by atoms with E-state index in [1.165, 1.54) is 14.2 Å². The van der Waals surface area contributed by atoms with Crippen molar-refractivity contribution in [3.8, 4) is 11.5 Å². The van der Waals surface area contributed by atoms with Crippen LogP contribution in [0.4, 0.5) is 0 Å². The van der Waals surface area contributed by atoms with Gasteiger partial charge in [-0.2, -0.15) is 0 Å². The summed E-state index contributed by atoms with van der Waals surface area (Å²) < 4.78 is 10.1. The van der Waals surface area contributed by atoms with E-state index in [4.69, 9.17) is 14.6 Å². The molecule has 2 rings (SSSR count). The maximum Gasteiger partial charge on any atom is 0.304 e.